The molecule has 0 saturated heterocycles. The minimum absolute atomic E-state index is 0.228. The van der Waals surface area contributed by atoms with E-state index in [2.05, 4.69) is 4.98 Å². The molecule has 0 radical (unpaired) electrons. The molecule has 4 nitrogen and oxygen atoms in total. The van der Waals surface area contributed by atoms with Crippen LogP contribution >= 0.6 is 0 Å². The zero-order valence-corrected chi connectivity index (χ0v) is 15.9. The minimum atomic E-state index is -4.60. The van der Waals surface area contributed by atoms with Gasteiger partial charge in [0.2, 0.25) is 10.0 Å². The molecule has 0 fully saturated rings. The largest absolute Gasteiger partial charge is 0.416 e. The molecule has 1 aliphatic rings. The molecule has 0 spiro atoms. The Bertz CT molecular complexity index is 1140. The predicted molar refractivity (Wildman–Crippen MR) is 100 cm³/mol. The Morgan fingerprint density at radius 3 is 2.61 bits per heavy atom. The van der Waals surface area contributed by atoms with Gasteiger partial charge >= 0.3 is 6.18 Å². The lowest BCUT2D eigenvalue weighted by atomic mass is 9.98. The first-order chi connectivity index (χ1) is 13.2. The highest BCUT2D eigenvalue weighted by Gasteiger charge is 2.38. The summed E-state index contributed by atoms with van der Waals surface area (Å²) in [5.74, 6) is 0. The van der Waals surface area contributed by atoms with Gasteiger partial charge in [-0.25, -0.2) is 8.42 Å². The van der Waals surface area contributed by atoms with Gasteiger partial charge in [-0.05, 0) is 42.7 Å². The first kappa shape index (κ1) is 19.0. The summed E-state index contributed by atoms with van der Waals surface area (Å²) >= 11 is 0. The molecule has 0 bridgehead atoms. The number of nitrogens with one attached hydrogen (secondary N) is 1. The number of alkyl halides is 3. The van der Waals surface area contributed by atoms with Gasteiger partial charge in [-0.15, -0.1) is 0 Å². The fourth-order valence-electron chi connectivity index (χ4n) is 3.96. The maximum Gasteiger partial charge on any atom is 0.416 e. The topological polar surface area (TPSA) is 53.2 Å². The van der Waals surface area contributed by atoms with Gasteiger partial charge in [0.05, 0.1) is 16.5 Å². The number of hydrogen-bond donors (Lipinski definition) is 1. The maximum absolute atomic E-state index is 13.2. The number of H-pyrrole nitrogens is 1. The van der Waals surface area contributed by atoms with Gasteiger partial charge in [-0.3, -0.25) is 0 Å². The highest BCUT2D eigenvalue weighted by atomic mass is 32.2. The Labute approximate surface area is 161 Å². The normalized spacial score (nSPS) is 18.4. The Hall–Kier alpha value is -2.32. The van der Waals surface area contributed by atoms with E-state index in [1.54, 1.807) is 0 Å². The second kappa shape index (κ2) is 6.63. The van der Waals surface area contributed by atoms with Crippen LogP contribution in [0.1, 0.15) is 36.2 Å². The van der Waals surface area contributed by atoms with Crippen LogP contribution < -0.4 is 0 Å². The number of hydrogen-bond acceptors (Lipinski definition) is 2. The van der Waals surface area contributed by atoms with E-state index in [0.717, 1.165) is 34.3 Å². The average molecular weight is 408 g/mol. The number of benzene rings is 2. The molecule has 2 heterocycles. The van der Waals surface area contributed by atoms with Crippen molar-refractivity contribution in [2.24, 2.45) is 0 Å². The summed E-state index contributed by atoms with van der Waals surface area (Å²) in [6.45, 7) is 2.10. The highest BCUT2D eigenvalue weighted by molar-refractivity contribution is 7.89. The fraction of sp³-hybridized carbons (Fsp3) is 0.300. The second-order valence-electron chi connectivity index (χ2n) is 6.88. The van der Waals surface area contributed by atoms with Crippen molar-refractivity contribution in [1.82, 2.24) is 9.29 Å². The molecule has 2 aromatic carbocycles. The number of fused-ring (bicyclic) bond motifs is 3. The van der Waals surface area contributed by atoms with Crippen molar-refractivity contribution in [3.05, 3.63) is 65.4 Å². The molecule has 3 aromatic rings. The van der Waals surface area contributed by atoms with Crippen LogP contribution in [0.2, 0.25) is 0 Å². The SMILES string of the molecule is CCC1c2[nH]c3ccccc3c2CCN1S(=O)(=O)c1cccc(C(F)(F)F)c1. The van der Waals surface area contributed by atoms with E-state index in [9.17, 15) is 21.6 Å². The lowest BCUT2D eigenvalue weighted by Gasteiger charge is -2.34. The molecule has 148 valence electrons. The molecular weight excluding hydrogens is 389 g/mol. The third kappa shape index (κ3) is 3.00. The van der Waals surface area contributed by atoms with E-state index in [-0.39, 0.29) is 11.4 Å². The molecule has 28 heavy (non-hydrogen) atoms. The van der Waals surface area contributed by atoms with E-state index in [4.69, 9.17) is 0 Å². The van der Waals surface area contributed by atoms with E-state index in [1.807, 2.05) is 31.2 Å². The molecule has 1 aliphatic heterocycles. The van der Waals surface area contributed by atoms with Crippen molar-refractivity contribution in [1.29, 1.82) is 0 Å². The van der Waals surface area contributed by atoms with E-state index in [0.29, 0.717) is 18.9 Å². The van der Waals surface area contributed by atoms with Gasteiger partial charge in [-0.2, -0.15) is 17.5 Å². The highest BCUT2D eigenvalue weighted by Crippen LogP contribution is 2.39. The Kier molecular flexibility index (Phi) is 4.50. The number of halogens is 3. The van der Waals surface area contributed by atoms with Crippen molar-refractivity contribution >= 4 is 20.9 Å². The molecule has 8 heteroatoms. The van der Waals surface area contributed by atoms with Crippen LogP contribution in [-0.4, -0.2) is 24.3 Å². The Morgan fingerprint density at radius 2 is 1.89 bits per heavy atom. The van der Waals surface area contributed by atoms with E-state index < -0.39 is 27.8 Å². The zero-order chi connectivity index (χ0) is 20.1. The average Bonchev–Trinajstić information content (AvgIpc) is 3.05. The van der Waals surface area contributed by atoms with Crippen LogP contribution in [0.25, 0.3) is 10.9 Å². The number of aromatic nitrogens is 1. The molecule has 1 aromatic heterocycles. The van der Waals surface area contributed by atoms with Crippen LogP contribution in [0.3, 0.4) is 0 Å². The number of rotatable bonds is 3. The predicted octanol–water partition coefficient (Wildman–Crippen LogP) is 4.88. The number of nitrogens with zero attached hydrogens (tertiary/aromatic N) is 1. The van der Waals surface area contributed by atoms with Crippen molar-refractivity contribution in [2.75, 3.05) is 6.54 Å². The van der Waals surface area contributed by atoms with Gasteiger partial charge < -0.3 is 4.98 Å². The summed E-state index contributed by atoms with van der Waals surface area (Å²) in [4.78, 5) is 2.99. The molecular formula is C20H19F3N2O2S. The summed E-state index contributed by atoms with van der Waals surface area (Å²) < 4.78 is 66.9. The molecule has 0 aliphatic carbocycles. The van der Waals surface area contributed by atoms with Crippen molar-refractivity contribution < 1.29 is 21.6 Å². The molecule has 1 unspecified atom stereocenters. The number of sulfonamides is 1. The lowest BCUT2D eigenvalue weighted by molar-refractivity contribution is -0.137. The summed E-state index contributed by atoms with van der Waals surface area (Å²) in [6, 6.07) is 11.3. The van der Waals surface area contributed by atoms with Gasteiger partial charge in [0, 0.05) is 23.1 Å². The van der Waals surface area contributed by atoms with Crippen LogP contribution in [0.5, 0.6) is 0 Å². The van der Waals surface area contributed by atoms with Gasteiger partial charge in [0.25, 0.3) is 0 Å². The molecule has 4 rings (SSSR count). The van der Waals surface area contributed by atoms with Crippen LogP contribution in [-0.2, 0) is 22.6 Å². The van der Waals surface area contributed by atoms with Gasteiger partial charge in [0.1, 0.15) is 0 Å². The van der Waals surface area contributed by atoms with Crippen molar-refractivity contribution in [2.45, 2.75) is 36.9 Å². The summed E-state index contributed by atoms with van der Waals surface area (Å²) in [5, 5.41) is 1.06. The van der Waals surface area contributed by atoms with Crippen LogP contribution in [0.15, 0.2) is 53.4 Å². The third-order valence-corrected chi connectivity index (χ3v) is 7.17. The minimum Gasteiger partial charge on any atom is -0.357 e. The van der Waals surface area contributed by atoms with Crippen LogP contribution in [0.4, 0.5) is 13.2 Å². The third-order valence-electron chi connectivity index (χ3n) is 5.26. The Balaban J connectivity index is 1.78. The van der Waals surface area contributed by atoms with Crippen molar-refractivity contribution in [3.8, 4) is 0 Å². The second-order valence-corrected chi connectivity index (χ2v) is 8.77. The number of aromatic amines is 1. The first-order valence-corrected chi connectivity index (χ1v) is 10.5. The summed E-state index contributed by atoms with van der Waals surface area (Å²) in [7, 11) is -4.07. The van der Waals surface area contributed by atoms with E-state index in [1.165, 1.54) is 10.4 Å². The smallest absolute Gasteiger partial charge is 0.357 e. The fourth-order valence-corrected chi connectivity index (χ4v) is 5.68. The van der Waals surface area contributed by atoms with Gasteiger partial charge in [-0.1, -0.05) is 31.2 Å². The molecule has 1 N–H and O–H groups in total. The molecule has 0 amide bonds. The molecule has 1 atom stereocenters. The molecule has 0 saturated carbocycles. The van der Waals surface area contributed by atoms with Gasteiger partial charge in [0.15, 0.2) is 0 Å². The van der Waals surface area contributed by atoms with Crippen molar-refractivity contribution in [3.63, 3.8) is 0 Å². The lowest BCUT2D eigenvalue weighted by Crippen LogP contribution is -2.39. The Morgan fingerprint density at radius 1 is 1.14 bits per heavy atom. The zero-order valence-electron chi connectivity index (χ0n) is 15.1. The summed E-state index contributed by atoms with van der Waals surface area (Å²) in [6.07, 6.45) is -3.58. The standard InChI is InChI=1S/C20H19F3N2O2S/c1-2-18-19-16(15-8-3-4-9-17(15)24-19)10-11-25(18)28(26,27)14-7-5-6-13(12-14)20(21,22)23/h3-9,12,18,24H,2,10-11H2,1H3. The van der Waals surface area contributed by atoms with E-state index >= 15 is 0 Å². The maximum atomic E-state index is 13.2. The first-order valence-electron chi connectivity index (χ1n) is 9.02. The monoisotopic (exact) mass is 408 g/mol. The summed E-state index contributed by atoms with van der Waals surface area (Å²) in [5.41, 5.74) is 1.87. The van der Waals surface area contributed by atoms with Crippen LogP contribution in [0, 0.1) is 0 Å². The number of para-hydroxylation sites is 1. The quantitative estimate of drug-likeness (QED) is 0.671.